The molecule has 3 nitrogen and oxygen atoms in total. The smallest absolute Gasteiger partial charge is 0.184 e. The molecule has 1 aliphatic heterocycles. The van der Waals surface area contributed by atoms with E-state index < -0.39 is 0 Å². The minimum Gasteiger partial charge on any atom is -0.479 e. The van der Waals surface area contributed by atoms with Crippen LogP contribution in [0.4, 0.5) is 0 Å². The Morgan fingerprint density at radius 3 is 3.12 bits per heavy atom. The second kappa shape index (κ2) is 5.32. The molecular formula is C12H15ClN2O. The van der Waals surface area contributed by atoms with Gasteiger partial charge in [0.25, 0.3) is 0 Å². The van der Waals surface area contributed by atoms with Crippen molar-refractivity contribution < 1.29 is 4.74 Å². The van der Waals surface area contributed by atoms with Gasteiger partial charge >= 0.3 is 0 Å². The van der Waals surface area contributed by atoms with E-state index in [-0.39, 0.29) is 6.04 Å². The lowest BCUT2D eigenvalue weighted by atomic mass is 10.1. The molecule has 0 saturated carbocycles. The van der Waals surface area contributed by atoms with Gasteiger partial charge in [0.05, 0.1) is 6.04 Å². The second-order valence-corrected chi connectivity index (χ2v) is 4.30. The number of benzene rings is 1. The fourth-order valence-electron chi connectivity index (χ4n) is 1.77. The van der Waals surface area contributed by atoms with E-state index in [4.69, 9.17) is 22.1 Å². The topological polar surface area (TPSA) is 47.6 Å². The Labute approximate surface area is 100 Å². The summed E-state index contributed by atoms with van der Waals surface area (Å²) in [7, 11) is 0. The largest absolute Gasteiger partial charge is 0.479 e. The summed E-state index contributed by atoms with van der Waals surface area (Å²) in [5, 5.41) is 0.766. The first-order valence-electron chi connectivity index (χ1n) is 5.42. The van der Waals surface area contributed by atoms with Crippen molar-refractivity contribution in [2.24, 2.45) is 10.7 Å². The van der Waals surface area contributed by atoms with E-state index in [1.54, 1.807) is 0 Å². The third-order valence-corrected chi connectivity index (χ3v) is 2.72. The molecule has 1 aromatic rings. The summed E-state index contributed by atoms with van der Waals surface area (Å²) in [5.41, 5.74) is 6.64. The Bertz CT molecular complexity index is 392. The zero-order chi connectivity index (χ0) is 11.4. The summed E-state index contributed by atoms with van der Waals surface area (Å²) in [5.74, 6) is 0.787. The van der Waals surface area contributed by atoms with Gasteiger partial charge in [-0.2, -0.15) is 0 Å². The summed E-state index contributed by atoms with van der Waals surface area (Å²) < 4.78 is 5.45. The number of halogens is 1. The van der Waals surface area contributed by atoms with Gasteiger partial charge in [-0.25, -0.2) is 4.99 Å². The first-order chi connectivity index (χ1) is 7.78. The third-order valence-electron chi connectivity index (χ3n) is 2.49. The van der Waals surface area contributed by atoms with E-state index in [1.165, 1.54) is 5.56 Å². The van der Waals surface area contributed by atoms with Crippen LogP contribution in [-0.4, -0.2) is 25.1 Å². The van der Waals surface area contributed by atoms with Crippen LogP contribution in [0.25, 0.3) is 0 Å². The van der Waals surface area contributed by atoms with E-state index in [0.29, 0.717) is 13.2 Å². The van der Waals surface area contributed by atoms with Crippen LogP contribution < -0.4 is 5.73 Å². The third kappa shape index (κ3) is 2.97. The molecule has 0 amide bonds. The highest BCUT2D eigenvalue weighted by Crippen LogP contribution is 2.16. The molecule has 1 heterocycles. The Morgan fingerprint density at radius 2 is 2.38 bits per heavy atom. The maximum absolute atomic E-state index is 5.93. The average Bonchev–Trinajstić information content (AvgIpc) is 2.66. The van der Waals surface area contributed by atoms with Crippen molar-refractivity contribution in [1.82, 2.24) is 0 Å². The highest BCUT2D eigenvalue weighted by molar-refractivity contribution is 6.30. The monoisotopic (exact) mass is 238 g/mol. The van der Waals surface area contributed by atoms with Crippen LogP contribution in [0.3, 0.4) is 0 Å². The summed E-state index contributed by atoms with van der Waals surface area (Å²) in [6.45, 7) is 1.24. The van der Waals surface area contributed by atoms with Gasteiger partial charge in [0, 0.05) is 18.0 Å². The van der Waals surface area contributed by atoms with E-state index in [1.807, 2.05) is 18.2 Å². The Hall–Kier alpha value is -1.06. The van der Waals surface area contributed by atoms with Crippen LogP contribution in [0.2, 0.25) is 5.02 Å². The predicted molar refractivity (Wildman–Crippen MR) is 66.0 cm³/mol. The van der Waals surface area contributed by atoms with Crippen LogP contribution in [0.15, 0.2) is 29.3 Å². The standard InChI is InChI=1S/C12H15ClN2O/c13-10-3-1-2-9(6-10)7-11-8-16-12(15-11)4-5-14/h1-3,6,11H,4-5,7-8,14H2. The minimum absolute atomic E-state index is 0.208. The normalized spacial score (nSPS) is 19.4. The molecule has 1 aromatic carbocycles. The quantitative estimate of drug-likeness (QED) is 0.873. The molecule has 1 unspecified atom stereocenters. The number of aliphatic imine (C=N–C) groups is 1. The number of hydrogen-bond donors (Lipinski definition) is 1. The van der Waals surface area contributed by atoms with Crippen LogP contribution >= 0.6 is 11.6 Å². The highest BCUT2D eigenvalue weighted by atomic mass is 35.5. The maximum Gasteiger partial charge on any atom is 0.184 e. The van der Waals surface area contributed by atoms with Gasteiger partial charge in [0.2, 0.25) is 0 Å². The zero-order valence-corrected chi connectivity index (χ0v) is 9.78. The molecule has 0 spiro atoms. The number of nitrogens with zero attached hydrogens (tertiary/aromatic N) is 1. The Balaban J connectivity index is 1.96. The first kappa shape index (κ1) is 11.4. The second-order valence-electron chi connectivity index (χ2n) is 3.86. The molecule has 0 aliphatic carbocycles. The molecule has 2 rings (SSSR count). The van der Waals surface area contributed by atoms with Gasteiger partial charge in [-0.1, -0.05) is 23.7 Å². The average molecular weight is 239 g/mol. The number of rotatable bonds is 4. The van der Waals surface area contributed by atoms with Gasteiger partial charge in [0.15, 0.2) is 5.90 Å². The van der Waals surface area contributed by atoms with Crippen molar-refractivity contribution in [2.75, 3.05) is 13.2 Å². The highest BCUT2D eigenvalue weighted by Gasteiger charge is 2.18. The lowest BCUT2D eigenvalue weighted by molar-refractivity contribution is 0.309. The summed E-state index contributed by atoms with van der Waals surface area (Å²) in [4.78, 5) is 4.47. The molecule has 16 heavy (non-hydrogen) atoms. The van der Waals surface area contributed by atoms with Gasteiger partial charge in [-0.3, -0.25) is 0 Å². The van der Waals surface area contributed by atoms with Gasteiger partial charge in [0.1, 0.15) is 6.61 Å². The molecule has 0 fully saturated rings. The molecule has 0 radical (unpaired) electrons. The van der Waals surface area contributed by atoms with Crippen LogP contribution in [-0.2, 0) is 11.2 Å². The van der Waals surface area contributed by atoms with E-state index in [9.17, 15) is 0 Å². The molecule has 0 saturated heterocycles. The molecule has 4 heteroatoms. The Morgan fingerprint density at radius 1 is 1.50 bits per heavy atom. The molecule has 86 valence electrons. The van der Waals surface area contributed by atoms with Gasteiger partial charge < -0.3 is 10.5 Å². The van der Waals surface area contributed by atoms with Crippen LogP contribution in [0.5, 0.6) is 0 Å². The van der Waals surface area contributed by atoms with E-state index in [2.05, 4.69) is 11.1 Å². The minimum atomic E-state index is 0.208. The number of ether oxygens (including phenoxy) is 1. The number of hydrogen-bond acceptors (Lipinski definition) is 3. The molecule has 1 atom stereocenters. The first-order valence-corrected chi connectivity index (χ1v) is 5.79. The van der Waals surface area contributed by atoms with Crippen molar-refractivity contribution in [1.29, 1.82) is 0 Å². The lowest BCUT2D eigenvalue weighted by Gasteiger charge is -2.05. The van der Waals surface area contributed by atoms with Crippen molar-refractivity contribution in [3.05, 3.63) is 34.9 Å². The van der Waals surface area contributed by atoms with E-state index >= 15 is 0 Å². The summed E-state index contributed by atoms with van der Waals surface area (Å²) >= 11 is 5.93. The number of nitrogens with two attached hydrogens (primary N) is 1. The Kier molecular flexibility index (Phi) is 3.80. The van der Waals surface area contributed by atoms with Crippen LogP contribution in [0, 0.1) is 0 Å². The maximum atomic E-state index is 5.93. The lowest BCUT2D eigenvalue weighted by Crippen LogP contribution is -2.10. The molecule has 1 aliphatic rings. The van der Waals surface area contributed by atoms with Crippen molar-refractivity contribution >= 4 is 17.5 Å². The molecule has 0 aromatic heterocycles. The molecular weight excluding hydrogens is 224 g/mol. The molecule has 2 N–H and O–H groups in total. The van der Waals surface area contributed by atoms with Gasteiger partial charge in [-0.05, 0) is 24.1 Å². The van der Waals surface area contributed by atoms with Crippen LogP contribution in [0.1, 0.15) is 12.0 Å². The zero-order valence-electron chi connectivity index (χ0n) is 9.03. The van der Waals surface area contributed by atoms with Crippen molar-refractivity contribution in [3.8, 4) is 0 Å². The fourth-order valence-corrected chi connectivity index (χ4v) is 1.98. The summed E-state index contributed by atoms with van der Waals surface area (Å²) in [6.07, 6.45) is 1.60. The molecule has 0 bridgehead atoms. The van der Waals surface area contributed by atoms with Gasteiger partial charge in [-0.15, -0.1) is 0 Å². The fraction of sp³-hybridized carbons (Fsp3) is 0.417. The van der Waals surface area contributed by atoms with Crippen molar-refractivity contribution in [2.45, 2.75) is 18.9 Å². The SMILES string of the molecule is NCCC1=NC(Cc2cccc(Cl)c2)CO1. The summed E-state index contributed by atoms with van der Waals surface area (Å²) in [6, 6.07) is 8.07. The van der Waals surface area contributed by atoms with E-state index in [0.717, 1.165) is 23.8 Å². The van der Waals surface area contributed by atoms with Crippen molar-refractivity contribution in [3.63, 3.8) is 0 Å². The predicted octanol–water partition coefficient (Wildman–Crippen LogP) is 2.03.